The van der Waals surface area contributed by atoms with E-state index in [2.05, 4.69) is 15.9 Å². The summed E-state index contributed by atoms with van der Waals surface area (Å²) < 4.78 is 5.75. The Morgan fingerprint density at radius 3 is 2.76 bits per heavy atom. The number of benzene rings is 1. The quantitative estimate of drug-likeness (QED) is 0.852. The second-order valence-corrected chi connectivity index (χ2v) is 5.11. The molecule has 0 fully saturated rings. The minimum atomic E-state index is -0.0492. The molecule has 1 aromatic carbocycles. The Labute approximate surface area is 115 Å². The molecule has 17 heavy (non-hydrogen) atoms. The zero-order valence-corrected chi connectivity index (χ0v) is 12.4. The van der Waals surface area contributed by atoms with Crippen LogP contribution in [0.2, 0.25) is 5.02 Å². The van der Waals surface area contributed by atoms with Crippen molar-refractivity contribution < 1.29 is 9.53 Å². The Hall–Kier alpha value is -0.580. The lowest BCUT2D eigenvalue weighted by Gasteiger charge is -2.24. The molecule has 0 spiro atoms. The molecule has 0 aliphatic heterocycles. The molecule has 1 aromatic rings. The molecule has 0 radical (unpaired) electrons. The topological polar surface area (TPSA) is 29.5 Å². The van der Waals surface area contributed by atoms with Crippen LogP contribution in [0.1, 0.15) is 17.3 Å². The van der Waals surface area contributed by atoms with E-state index in [4.69, 9.17) is 16.3 Å². The normalized spacial score (nSPS) is 12.3. The Morgan fingerprint density at radius 1 is 1.59 bits per heavy atom. The average molecular weight is 321 g/mol. The summed E-state index contributed by atoms with van der Waals surface area (Å²) in [7, 11) is 3.38. The summed E-state index contributed by atoms with van der Waals surface area (Å²) in [6.45, 7) is 2.45. The highest BCUT2D eigenvalue weighted by molar-refractivity contribution is 9.10. The molecule has 0 aliphatic carbocycles. The highest BCUT2D eigenvalue weighted by Gasteiger charge is 2.17. The van der Waals surface area contributed by atoms with Crippen LogP contribution < -0.4 is 0 Å². The molecule has 0 N–H and O–H groups in total. The van der Waals surface area contributed by atoms with Crippen molar-refractivity contribution in [1.82, 2.24) is 4.90 Å². The number of methoxy groups -OCH3 is 1. The van der Waals surface area contributed by atoms with Gasteiger partial charge in [-0.3, -0.25) is 4.79 Å². The van der Waals surface area contributed by atoms with E-state index < -0.39 is 0 Å². The van der Waals surface area contributed by atoms with Crippen molar-refractivity contribution >= 4 is 33.4 Å². The predicted molar refractivity (Wildman–Crippen MR) is 72.6 cm³/mol. The maximum Gasteiger partial charge on any atom is 0.253 e. The minimum absolute atomic E-state index is 0.0296. The van der Waals surface area contributed by atoms with Crippen molar-refractivity contribution in [3.63, 3.8) is 0 Å². The molecular weight excluding hydrogens is 305 g/mol. The van der Waals surface area contributed by atoms with E-state index in [9.17, 15) is 4.79 Å². The van der Waals surface area contributed by atoms with Crippen LogP contribution in [0.15, 0.2) is 22.7 Å². The first-order valence-electron chi connectivity index (χ1n) is 5.18. The number of rotatable bonds is 4. The second kappa shape index (κ2) is 6.38. The summed E-state index contributed by atoms with van der Waals surface area (Å²) >= 11 is 9.19. The highest BCUT2D eigenvalue weighted by Crippen LogP contribution is 2.23. The van der Waals surface area contributed by atoms with Gasteiger partial charge < -0.3 is 9.64 Å². The zero-order valence-electron chi connectivity index (χ0n) is 10.0. The first kappa shape index (κ1) is 14.5. The van der Waals surface area contributed by atoms with Gasteiger partial charge in [0.05, 0.1) is 17.7 Å². The van der Waals surface area contributed by atoms with Crippen LogP contribution in [-0.4, -0.2) is 37.6 Å². The molecule has 1 unspecified atom stereocenters. The highest BCUT2D eigenvalue weighted by atomic mass is 79.9. The van der Waals surface area contributed by atoms with Crippen molar-refractivity contribution in [3.05, 3.63) is 33.3 Å². The van der Waals surface area contributed by atoms with E-state index in [1.807, 2.05) is 6.92 Å². The SMILES string of the molecule is COCC(C)N(C)C(=O)c1ccc(Cl)c(Br)c1. The van der Waals surface area contributed by atoms with E-state index in [1.54, 1.807) is 37.3 Å². The number of ether oxygens (including phenoxy) is 1. The molecule has 0 saturated carbocycles. The van der Waals surface area contributed by atoms with Crippen LogP contribution in [-0.2, 0) is 4.74 Å². The molecule has 1 atom stereocenters. The van der Waals surface area contributed by atoms with Gasteiger partial charge in [0.15, 0.2) is 0 Å². The fraction of sp³-hybridized carbons (Fsp3) is 0.417. The lowest BCUT2D eigenvalue weighted by Crippen LogP contribution is -2.37. The number of amides is 1. The van der Waals surface area contributed by atoms with Crippen LogP contribution in [0.4, 0.5) is 0 Å². The van der Waals surface area contributed by atoms with Crippen molar-refractivity contribution in [2.75, 3.05) is 20.8 Å². The third-order valence-corrected chi connectivity index (χ3v) is 3.77. The van der Waals surface area contributed by atoms with Crippen LogP contribution in [0.25, 0.3) is 0 Å². The third kappa shape index (κ3) is 3.69. The molecule has 0 bridgehead atoms. The van der Waals surface area contributed by atoms with E-state index in [0.29, 0.717) is 17.2 Å². The predicted octanol–water partition coefficient (Wildman–Crippen LogP) is 3.21. The Kier molecular flexibility index (Phi) is 5.43. The van der Waals surface area contributed by atoms with E-state index in [0.717, 1.165) is 4.47 Å². The van der Waals surface area contributed by atoms with Crippen molar-refractivity contribution in [1.29, 1.82) is 0 Å². The first-order chi connectivity index (χ1) is 7.97. The molecule has 1 rings (SSSR count). The smallest absolute Gasteiger partial charge is 0.253 e. The van der Waals surface area contributed by atoms with Gasteiger partial charge in [-0.15, -0.1) is 0 Å². The van der Waals surface area contributed by atoms with Gasteiger partial charge in [-0.2, -0.15) is 0 Å². The molecule has 3 nitrogen and oxygen atoms in total. The summed E-state index contributed by atoms with van der Waals surface area (Å²) in [6.07, 6.45) is 0. The lowest BCUT2D eigenvalue weighted by molar-refractivity contribution is 0.0633. The summed E-state index contributed by atoms with van der Waals surface area (Å²) in [4.78, 5) is 13.8. The summed E-state index contributed by atoms with van der Waals surface area (Å²) in [5.74, 6) is -0.0492. The Balaban J connectivity index is 2.85. The van der Waals surface area contributed by atoms with Gasteiger partial charge in [0.1, 0.15) is 0 Å². The maximum atomic E-state index is 12.1. The van der Waals surface area contributed by atoms with Crippen molar-refractivity contribution in [2.24, 2.45) is 0 Å². The Morgan fingerprint density at radius 2 is 2.24 bits per heavy atom. The van der Waals surface area contributed by atoms with Crippen LogP contribution in [0.3, 0.4) is 0 Å². The largest absolute Gasteiger partial charge is 0.383 e. The Bertz CT molecular complexity index is 411. The number of nitrogens with zero attached hydrogens (tertiary/aromatic N) is 1. The van der Waals surface area contributed by atoms with Crippen molar-refractivity contribution in [3.8, 4) is 0 Å². The molecule has 0 aromatic heterocycles. The number of likely N-dealkylation sites (N-methyl/N-ethyl adjacent to an activating group) is 1. The van der Waals surface area contributed by atoms with Gasteiger partial charge in [0.2, 0.25) is 0 Å². The summed E-state index contributed by atoms with van der Waals surface area (Å²) in [6, 6.07) is 5.17. The first-order valence-corrected chi connectivity index (χ1v) is 6.35. The standard InChI is InChI=1S/C12H15BrClNO2/c1-8(7-17-3)15(2)12(16)9-4-5-11(14)10(13)6-9/h4-6,8H,7H2,1-3H3. The molecule has 0 saturated heterocycles. The van der Waals surface area contributed by atoms with Gasteiger partial charge in [0.25, 0.3) is 5.91 Å². The number of hydrogen-bond acceptors (Lipinski definition) is 2. The van der Waals surface area contributed by atoms with Crippen LogP contribution in [0, 0.1) is 0 Å². The fourth-order valence-electron chi connectivity index (χ4n) is 1.39. The molecule has 1 amide bonds. The average Bonchev–Trinajstić information content (AvgIpc) is 2.31. The van der Waals surface area contributed by atoms with Gasteiger partial charge >= 0.3 is 0 Å². The van der Waals surface area contributed by atoms with E-state index in [-0.39, 0.29) is 11.9 Å². The van der Waals surface area contributed by atoms with Gasteiger partial charge in [-0.05, 0) is 41.1 Å². The molecular formula is C12H15BrClNO2. The second-order valence-electron chi connectivity index (χ2n) is 3.85. The number of halogens is 2. The van der Waals surface area contributed by atoms with Gasteiger partial charge in [-0.25, -0.2) is 0 Å². The number of carbonyl (C=O) groups is 1. The zero-order chi connectivity index (χ0) is 13.0. The van der Waals surface area contributed by atoms with E-state index in [1.165, 1.54) is 0 Å². The lowest BCUT2D eigenvalue weighted by atomic mass is 10.2. The summed E-state index contributed by atoms with van der Waals surface area (Å²) in [5.41, 5.74) is 0.603. The van der Waals surface area contributed by atoms with Crippen LogP contribution >= 0.6 is 27.5 Å². The van der Waals surface area contributed by atoms with E-state index >= 15 is 0 Å². The van der Waals surface area contributed by atoms with Gasteiger partial charge in [0, 0.05) is 24.2 Å². The molecule has 5 heteroatoms. The monoisotopic (exact) mass is 319 g/mol. The minimum Gasteiger partial charge on any atom is -0.383 e. The maximum absolute atomic E-state index is 12.1. The van der Waals surface area contributed by atoms with Crippen LogP contribution in [0.5, 0.6) is 0 Å². The molecule has 94 valence electrons. The fourth-order valence-corrected chi connectivity index (χ4v) is 1.88. The van der Waals surface area contributed by atoms with Crippen molar-refractivity contribution in [2.45, 2.75) is 13.0 Å². The molecule has 0 heterocycles. The molecule has 0 aliphatic rings. The third-order valence-electron chi connectivity index (χ3n) is 2.56. The summed E-state index contributed by atoms with van der Waals surface area (Å²) in [5, 5.41) is 0.592. The number of carbonyl (C=O) groups excluding carboxylic acids is 1. The van der Waals surface area contributed by atoms with Gasteiger partial charge in [-0.1, -0.05) is 11.6 Å². The number of hydrogen-bond donors (Lipinski definition) is 0.